The Bertz CT molecular complexity index is 689. The van der Waals surface area contributed by atoms with Crippen LogP contribution in [0.1, 0.15) is 43.6 Å². The van der Waals surface area contributed by atoms with Gasteiger partial charge in [-0.05, 0) is 31.4 Å². The smallest absolute Gasteiger partial charge is 0.296 e. The van der Waals surface area contributed by atoms with Gasteiger partial charge in [-0.3, -0.25) is 9.79 Å². The van der Waals surface area contributed by atoms with E-state index in [0.29, 0.717) is 23.3 Å². The van der Waals surface area contributed by atoms with Gasteiger partial charge in [-0.1, -0.05) is 54.0 Å². The van der Waals surface area contributed by atoms with Gasteiger partial charge in [-0.2, -0.15) is 13.2 Å². The summed E-state index contributed by atoms with van der Waals surface area (Å²) in [6, 6.07) is 2.76. The maximum Gasteiger partial charge on any atom is 0.397 e. The topological polar surface area (TPSA) is 29.4 Å². The summed E-state index contributed by atoms with van der Waals surface area (Å²) >= 11 is 13.7. The summed E-state index contributed by atoms with van der Waals surface area (Å²) in [5.41, 5.74) is -1.59. The second-order valence-corrected chi connectivity index (χ2v) is 7.97. The molecule has 2 rings (SSSR count). The molecule has 1 heterocycles. The lowest BCUT2D eigenvalue weighted by Crippen LogP contribution is -2.36. The molecule has 0 fully saturated rings. The van der Waals surface area contributed by atoms with Crippen LogP contribution in [0.4, 0.5) is 13.2 Å². The van der Waals surface area contributed by atoms with E-state index in [0.717, 1.165) is 13.8 Å². The number of halogens is 5. The van der Waals surface area contributed by atoms with Crippen molar-refractivity contribution in [1.29, 1.82) is 0 Å². The summed E-state index contributed by atoms with van der Waals surface area (Å²) < 4.78 is 39.8. The van der Waals surface area contributed by atoms with Crippen molar-refractivity contribution in [3.8, 4) is 0 Å². The van der Waals surface area contributed by atoms with Crippen LogP contribution in [0.3, 0.4) is 0 Å². The Morgan fingerprint density at radius 1 is 1.25 bits per heavy atom. The van der Waals surface area contributed by atoms with Crippen LogP contribution in [0.25, 0.3) is 0 Å². The zero-order valence-corrected chi connectivity index (χ0v) is 15.6. The van der Waals surface area contributed by atoms with Crippen molar-refractivity contribution in [3.05, 3.63) is 33.3 Å². The van der Waals surface area contributed by atoms with Gasteiger partial charge in [-0.15, -0.1) is 0 Å². The van der Waals surface area contributed by atoms with Crippen molar-refractivity contribution in [3.63, 3.8) is 0 Å². The van der Waals surface area contributed by atoms with Crippen molar-refractivity contribution in [1.82, 2.24) is 0 Å². The third-order valence-electron chi connectivity index (χ3n) is 4.21. The largest absolute Gasteiger partial charge is 0.397 e. The number of hydrogen-bond acceptors (Lipinski definition) is 3. The van der Waals surface area contributed by atoms with Crippen molar-refractivity contribution < 1.29 is 18.0 Å². The fourth-order valence-corrected chi connectivity index (χ4v) is 4.53. The molecule has 0 saturated carbocycles. The van der Waals surface area contributed by atoms with Crippen LogP contribution >= 0.6 is 35.0 Å². The molecule has 8 heteroatoms. The Labute approximate surface area is 152 Å². The summed E-state index contributed by atoms with van der Waals surface area (Å²) in [6.45, 7) is 4.06. The minimum atomic E-state index is -4.46. The van der Waals surface area contributed by atoms with Crippen LogP contribution in [-0.2, 0) is 10.2 Å². The third-order valence-corrected chi connectivity index (χ3v) is 6.37. The number of benzene rings is 1. The molecule has 0 aromatic heterocycles. The fourth-order valence-electron chi connectivity index (χ4n) is 2.52. The molecule has 0 saturated heterocycles. The van der Waals surface area contributed by atoms with Crippen LogP contribution in [0, 0.1) is 0 Å². The average Bonchev–Trinajstić information content (AvgIpc) is 2.91. The van der Waals surface area contributed by atoms with Gasteiger partial charge in [-0.25, -0.2) is 0 Å². The number of carbonyl (C=O) groups is 1. The lowest BCUT2D eigenvalue weighted by atomic mass is 9.83. The minimum Gasteiger partial charge on any atom is -0.296 e. The fraction of sp³-hybridized carbons (Fsp3) is 0.500. The Morgan fingerprint density at radius 3 is 2.38 bits per heavy atom. The van der Waals surface area contributed by atoms with Gasteiger partial charge in [0.1, 0.15) is 5.04 Å². The predicted octanol–water partition coefficient (Wildman–Crippen LogP) is 6.00. The zero-order valence-electron chi connectivity index (χ0n) is 13.2. The molecule has 1 aliphatic heterocycles. The van der Waals surface area contributed by atoms with Gasteiger partial charge in [0.25, 0.3) is 0 Å². The van der Waals surface area contributed by atoms with E-state index in [4.69, 9.17) is 23.2 Å². The molecule has 1 aliphatic rings. The second-order valence-electron chi connectivity index (χ2n) is 6.05. The molecule has 24 heavy (non-hydrogen) atoms. The first kappa shape index (κ1) is 19.6. The van der Waals surface area contributed by atoms with E-state index in [9.17, 15) is 18.0 Å². The summed E-state index contributed by atoms with van der Waals surface area (Å²) in [5.74, 6) is 0. The second kappa shape index (κ2) is 6.89. The van der Waals surface area contributed by atoms with Gasteiger partial charge < -0.3 is 0 Å². The Kier molecular flexibility index (Phi) is 5.62. The van der Waals surface area contributed by atoms with Gasteiger partial charge in [0, 0.05) is 0 Å². The standard InChI is InChI=1S/C16H16Cl2F3NOS/c1-4-10-14(24-11(7-23)22-10)8-5-6-9(13(18)12(8)17)15(2,3)16(19,20)21/h5-7,10,14H,4H2,1-3H3. The van der Waals surface area contributed by atoms with E-state index >= 15 is 0 Å². The quantitative estimate of drug-likeness (QED) is 0.583. The van der Waals surface area contributed by atoms with Crippen LogP contribution in [0.15, 0.2) is 17.1 Å². The number of aldehydes is 1. The normalized spacial score (nSPS) is 21.8. The zero-order chi connectivity index (χ0) is 18.3. The van der Waals surface area contributed by atoms with Crippen molar-refractivity contribution in [2.24, 2.45) is 4.99 Å². The SMILES string of the molecule is CCC1N=C(C=O)SC1c1ccc(C(C)(C)C(F)(F)F)c(Cl)c1Cl. The van der Waals surface area contributed by atoms with Gasteiger partial charge in [0.05, 0.1) is 26.8 Å². The van der Waals surface area contributed by atoms with E-state index in [-0.39, 0.29) is 26.9 Å². The lowest BCUT2D eigenvalue weighted by Gasteiger charge is -2.30. The highest BCUT2D eigenvalue weighted by atomic mass is 35.5. The number of nitrogens with zero attached hydrogens (tertiary/aromatic N) is 1. The van der Waals surface area contributed by atoms with Crippen LogP contribution in [-0.4, -0.2) is 23.5 Å². The lowest BCUT2D eigenvalue weighted by molar-refractivity contribution is -0.180. The highest BCUT2D eigenvalue weighted by Gasteiger charge is 2.50. The van der Waals surface area contributed by atoms with Gasteiger partial charge in [0.2, 0.25) is 0 Å². The van der Waals surface area contributed by atoms with E-state index in [1.165, 1.54) is 17.8 Å². The number of carbonyl (C=O) groups excluding carboxylic acids is 1. The molecular weight excluding hydrogens is 382 g/mol. The molecule has 0 radical (unpaired) electrons. The third kappa shape index (κ3) is 3.33. The minimum absolute atomic E-state index is 0.0713. The van der Waals surface area contributed by atoms with Gasteiger partial charge >= 0.3 is 6.18 Å². The number of alkyl halides is 3. The van der Waals surface area contributed by atoms with E-state index < -0.39 is 11.6 Å². The maximum atomic E-state index is 13.3. The summed E-state index contributed by atoms with van der Waals surface area (Å²) in [6.07, 6.45) is -3.11. The summed E-state index contributed by atoms with van der Waals surface area (Å²) in [4.78, 5) is 15.3. The molecule has 0 spiro atoms. The molecule has 0 N–H and O–H groups in total. The molecule has 0 aliphatic carbocycles. The molecule has 0 bridgehead atoms. The van der Waals surface area contributed by atoms with Crippen LogP contribution in [0.5, 0.6) is 0 Å². The van der Waals surface area contributed by atoms with Crippen molar-refractivity contribution >= 4 is 46.3 Å². The summed E-state index contributed by atoms with van der Waals surface area (Å²) in [7, 11) is 0. The average molecular weight is 398 g/mol. The van der Waals surface area contributed by atoms with Crippen LogP contribution < -0.4 is 0 Å². The number of aliphatic imine (C=N–C) groups is 1. The highest BCUT2D eigenvalue weighted by Crippen LogP contribution is 2.49. The Morgan fingerprint density at radius 2 is 1.88 bits per heavy atom. The highest BCUT2D eigenvalue weighted by molar-refractivity contribution is 8.16. The monoisotopic (exact) mass is 397 g/mol. The number of thioether (sulfide) groups is 1. The van der Waals surface area contributed by atoms with Crippen molar-refractivity contribution in [2.75, 3.05) is 0 Å². The Hall–Kier alpha value is -0.720. The first-order valence-corrected chi connectivity index (χ1v) is 8.92. The predicted molar refractivity (Wildman–Crippen MR) is 93.5 cm³/mol. The molecule has 1 aromatic rings. The van der Waals surface area contributed by atoms with Gasteiger partial charge in [0.15, 0.2) is 6.29 Å². The van der Waals surface area contributed by atoms with Crippen LogP contribution in [0.2, 0.25) is 10.0 Å². The molecule has 0 amide bonds. The molecule has 2 unspecified atom stereocenters. The van der Waals surface area contributed by atoms with Crippen molar-refractivity contribution in [2.45, 2.75) is 50.1 Å². The molecule has 2 nitrogen and oxygen atoms in total. The first-order valence-electron chi connectivity index (χ1n) is 7.29. The molecular formula is C16H16Cl2F3NOS. The summed E-state index contributed by atoms with van der Waals surface area (Å²) in [5, 5.41) is 0.110. The molecule has 1 aromatic carbocycles. The van der Waals surface area contributed by atoms with E-state index in [1.807, 2.05) is 6.92 Å². The van der Waals surface area contributed by atoms with E-state index in [1.54, 1.807) is 6.07 Å². The maximum absolute atomic E-state index is 13.3. The Balaban J connectivity index is 2.47. The molecule has 132 valence electrons. The number of rotatable bonds is 4. The first-order chi connectivity index (χ1) is 11.0. The van der Waals surface area contributed by atoms with E-state index in [2.05, 4.69) is 4.99 Å². The molecule has 2 atom stereocenters. The number of hydrogen-bond donors (Lipinski definition) is 0.